The van der Waals surface area contributed by atoms with E-state index in [2.05, 4.69) is 15.5 Å². The number of thioether (sulfide) groups is 1. The lowest BCUT2D eigenvalue weighted by atomic mass is 10.1. The number of rotatable bonds is 6. The SMILES string of the molecule is Cc1ccccc1-c1ccc(SCC(=O)NCc2ccco2)nn1. The molecule has 0 spiro atoms. The largest absolute Gasteiger partial charge is 0.467 e. The monoisotopic (exact) mass is 339 g/mol. The van der Waals surface area contributed by atoms with Crippen LogP contribution in [-0.2, 0) is 11.3 Å². The Balaban J connectivity index is 1.53. The highest BCUT2D eigenvalue weighted by Gasteiger charge is 2.07. The number of benzene rings is 1. The number of furan rings is 1. The molecule has 122 valence electrons. The molecule has 0 saturated heterocycles. The van der Waals surface area contributed by atoms with Crippen molar-refractivity contribution in [3.8, 4) is 11.3 Å². The van der Waals surface area contributed by atoms with Crippen molar-refractivity contribution in [1.29, 1.82) is 0 Å². The van der Waals surface area contributed by atoms with E-state index in [1.807, 2.05) is 49.4 Å². The first-order valence-corrected chi connectivity index (χ1v) is 8.52. The van der Waals surface area contributed by atoms with Crippen molar-refractivity contribution in [2.75, 3.05) is 5.75 Å². The van der Waals surface area contributed by atoms with Crippen LogP contribution in [0.4, 0.5) is 0 Å². The molecule has 1 N–H and O–H groups in total. The summed E-state index contributed by atoms with van der Waals surface area (Å²) in [6.45, 7) is 2.44. The molecule has 0 radical (unpaired) electrons. The fourth-order valence-corrected chi connectivity index (χ4v) is 2.83. The summed E-state index contributed by atoms with van der Waals surface area (Å²) in [7, 11) is 0. The van der Waals surface area contributed by atoms with Crippen LogP contribution in [0.5, 0.6) is 0 Å². The standard InChI is InChI=1S/C18H17N3O2S/c1-13-5-2-3-7-15(13)16-8-9-18(21-20-16)24-12-17(22)19-11-14-6-4-10-23-14/h2-10H,11-12H2,1H3,(H,19,22). The predicted octanol–water partition coefficient (Wildman–Crippen LogP) is 3.45. The van der Waals surface area contributed by atoms with E-state index in [0.29, 0.717) is 12.3 Å². The van der Waals surface area contributed by atoms with Crippen LogP contribution in [0.1, 0.15) is 11.3 Å². The van der Waals surface area contributed by atoms with E-state index in [1.54, 1.807) is 12.3 Å². The Hall–Kier alpha value is -2.60. The van der Waals surface area contributed by atoms with Crippen molar-refractivity contribution in [1.82, 2.24) is 15.5 Å². The number of carbonyl (C=O) groups excluding carboxylic acids is 1. The van der Waals surface area contributed by atoms with Crippen LogP contribution >= 0.6 is 11.8 Å². The maximum absolute atomic E-state index is 11.8. The number of aromatic nitrogens is 2. The number of amides is 1. The highest BCUT2D eigenvalue weighted by molar-refractivity contribution is 7.99. The Morgan fingerprint density at radius 2 is 2.00 bits per heavy atom. The highest BCUT2D eigenvalue weighted by atomic mass is 32.2. The van der Waals surface area contributed by atoms with Gasteiger partial charge in [0, 0.05) is 5.56 Å². The number of carbonyl (C=O) groups is 1. The zero-order valence-corrected chi connectivity index (χ0v) is 14.0. The number of nitrogens with zero attached hydrogens (tertiary/aromatic N) is 2. The van der Waals surface area contributed by atoms with Crippen LogP contribution in [0.3, 0.4) is 0 Å². The highest BCUT2D eigenvalue weighted by Crippen LogP contribution is 2.22. The molecule has 0 atom stereocenters. The number of hydrogen-bond acceptors (Lipinski definition) is 5. The lowest BCUT2D eigenvalue weighted by Crippen LogP contribution is -2.24. The van der Waals surface area contributed by atoms with Crippen LogP contribution in [-0.4, -0.2) is 21.9 Å². The smallest absolute Gasteiger partial charge is 0.230 e. The van der Waals surface area contributed by atoms with Gasteiger partial charge in [-0.2, -0.15) is 0 Å². The van der Waals surface area contributed by atoms with Gasteiger partial charge >= 0.3 is 0 Å². The van der Waals surface area contributed by atoms with Crippen LogP contribution in [0.15, 0.2) is 64.2 Å². The normalized spacial score (nSPS) is 10.5. The summed E-state index contributed by atoms with van der Waals surface area (Å²) in [5.41, 5.74) is 3.06. The molecular weight excluding hydrogens is 322 g/mol. The Morgan fingerprint density at radius 1 is 1.12 bits per heavy atom. The molecule has 0 aliphatic carbocycles. The molecule has 3 aromatic rings. The van der Waals surface area contributed by atoms with Gasteiger partial charge in [0.05, 0.1) is 24.3 Å². The Bertz CT molecular complexity index is 801. The van der Waals surface area contributed by atoms with Crippen LogP contribution in [0.25, 0.3) is 11.3 Å². The molecule has 0 aliphatic rings. The van der Waals surface area contributed by atoms with Crippen LogP contribution in [0, 0.1) is 6.92 Å². The fourth-order valence-electron chi connectivity index (χ4n) is 2.19. The van der Waals surface area contributed by atoms with E-state index < -0.39 is 0 Å². The molecule has 24 heavy (non-hydrogen) atoms. The third kappa shape index (κ3) is 4.23. The minimum Gasteiger partial charge on any atom is -0.467 e. The predicted molar refractivity (Wildman–Crippen MR) is 93.5 cm³/mol. The van der Waals surface area contributed by atoms with Gasteiger partial charge in [-0.05, 0) is 36.8 Å². The van der Waals surface area contributed by atoms with E-state index >= 15 is 0 Å². The Morgan fingerprint density at radius 3 is 2.71 bits per heavy atom. The third-order valence-corrected chi connectivity index (χ3v) is 4.37. The van der Waals surface area contributed by atoms with E-state index in [0.717, 1.165) is 27.6 Å². The average Bonchev–Trinajstić information content (AvgIpc) is 3.13. The van der Waals surface area contributed by atoms with E-state index in [9.17, 15) is 4.79 Å². The number of aryl methyl sites for hydroxylation is 1. The van der Waals surface area contributed by atoms with Crippen molar-refractivity contribution in [3.05, 3.63) is 66.1 Å². The lowest BCUT2D eigenvalue weighted by Gasteiger charge is -2.05. The molecule has 1 aromatic carbocycles. The topological polar surface area (TPSA) is 68.0 Å². The summed E-state index contributed by atoms with van der Waals surface area (Å²) in [4.78, 5) is 11.8. The van der Waals surface area contributed by atoms with Gasteiger partial charge in [-0.15, -0.1) is 10.2 Å². The maximum atomic E-state index is 11.8. The van der Waals surface area contributed by atoms with Crippen molar-refractivity contribution in [2.24, 2.45) is 0 Å². The minimum absolute atomic E-state index is 0.0684. The minimum atomic E-state index is -0.0684. The van der Waals surface area contributed by atoms with E-state index in [1.165, 1.54) is 11.8 Å². The molecule has 0 saturated carbocycles. The van der Waals surface area contributed by atoms with Crippen molar-refractivity contribution in [2.45, 2.75) is 18.5 Å². The quantitative estimate of drug-likeness (QED) is 0.697. The zero-order chi connectivity index (χ0) is 16.8. The van der Waals surface area contributed by atoms with Gasteiger partial charge in [-0.3, -0.25) is 4.79 Å². The summed E-state index contributed by atoms with van der Waals surface area (Å²) < 4.78 is 5.17. The van der Waals surface area contributed by atoms with Gasteiger partial charge in [-0.1, -0.05) is 36.0 Å². The van der Waals surface area contributed by atoms with Gasteiger partial charge in [-0.25, -0.2) is 0 Å². The first-order chi connectivity index (χ1) is 11.7. The van der Waals surface area contributed by atoms with Gasteiger partial charge in [0.2, 0.25) is 5.91 Å². The lowest BCUT2D eigenvalue weighted by molar-refractivity contribution is -0.118. The molecule has 0 aliphatic heterocycles. The van der Waals surface area contributed by atoms with Crippen molar-refractivity contribution < 1.29 is 9.21 Å². The van der Waals surface area contributed by atoms with Crippen molar-refractivity contribution >= 4 is 17.7 Å². The van der Waals surface area contributed by atoms with Gasteiger partial charge in [0.25, 0.3) is 0 Å². The summed E-state index contributed by atoms with van der Waals surface area (Å²) in [5, 5.41) is 12.0. The second-order valence-corrected chi connectivity index (χ2v) is 6.21. The number of nitrogens with one attached hydrogen (secondary N) is 1. The summed E-state index contributed by atoms with van der Waals surface area (Å²) in [6, 6.07) is 15.5. The molecule has 1 amide bonds. The maximum Gasteiger partial charge on any atom is 0.230 e. The molecule has 0 bridgehead atoms. The first-order valence-electron chi connectivity index (χ1n) is 7.54. The number of hydrogen-bond donors (Lipinski definition) is 1. The molecule has 3 rings (SSSR count). The second kappa shape index (κ2) is 7.79. The molecular formula is C18H17N3O2S. The van der Waals surface area contributed by atoms with E-state index in [4.69, 9.17) is 4.42 Å². The zero-order valence-electron chi connectivity index (χ0n) is 13.2. The van der Waals surface area contributed by atoms with Gasteiger partial charge < -0.3 is 9.73 Å². The Labute approximate surface area is 144 Å². The third-order valence-electron chi connectivity index (χ3n) is 3.45. The molecule has 0 unspecified atom stereocenters. The molecule has 6 heteroatoms. The van der Waals surface area contributed by atoms with Gasteiger partial charge in [0.1, 0.15) is 10.8 Å². The summed E-state index contributed by atoms with van der Waals surface area (Å²) >= 11 is 1.36. The van der Waals surface area contributed by atoms with Crippen molar-refractivity contribution in [3.63, 3.8) is 0 Å². The first kappa shape index (κ1) is 16.3. The fraction of sp³-hybridized carbons (Fsp3) is 0.167. The average molecular weight is 339 g/mol. The summed E-state index contributed by atoms with van der Waals surface area (Å²) in [5.74, 6) is 0.955. The molecule has 0 fully saturated rings. The summed E-state index contributed by atoms with van der Waals surface area (Å²) in [6.07, 6.45) is 1.59. The molecule has 2 heterocycles. The molecule has 5 nitrogen and oxygen atoms in total. The van der Waals surface area contributed by atoms with Gasteiger partial charge in [0.15, 0.2) is 0 Å². The van der Waals surface area contributed by atoms with Crippen LogP contribution < -0.4 is 5.32 Å². The Kier molecular flexibility index (Phi) is 5.28. The van der Waals surface area contributed by atoms with Crippen LogP contribution in [0.2, 0.25) is 0 Å². The van der Waals surface area contributed by atoms with E-state index in [-0.39, 0.29) is 5.91 Å². The molecule has 2 aromatic heterocycles. The second-order valence-electron chi connectivity index (χ2n) is 5.22.